The third-order valence-electron chi connectivity index (χ3n) is 4.48. The lowest BCUT2D eigenvalue weighted by Gasteiger charge is -2.33. The van der Waals surface area contributed by atoms with Gasteiger partial charge >= 0.3 is 6.09 Å². The number of nitrogens with zero attached hydrogens (tertiary/aromatic N) is 1. The van der Waals surface area contributed by atoms with Crippen molar-refractivity contribution in [3.05, 3.63) is 75.3 Å². The molecule has 0 aromatic heterocycles. The highest BCUT2D eigenvalue weighted by atomic mass is 16.6. The Balaban J connectivity index is 2.16. The van der Waals surface area contributed by atoms with Gasteiger partial charge in [0.05, 0.1) is 4.92 Å². The molecule has 2 aromatic carbocycles. The van der Waals surface area contributed by atoms with Gasteiger partial charge in [-0.25, -0.2) is 4.79 Å². The van der Waals surface area contributed by atoms with E-state index in [0.717, 1.165) is 0 Å². The van der Waals surface area contributed by atoms with E-state index in [-0.39, 0.29) is 16.8 Å². The molecule has 0 saturated heterocycles. The number of aliphatic hydroxyl groups excluding tert-OH is 1. The van der Waals surface area contributed by atoms with Crippen LogP contribution < -0.4 is 5.32 Å². The fraction of sp³-hybridized carbons (Fsp3) is 0.300. The summed E-state index contributed by atoms with van der Waals surface area (Å²) >= 11 is 0. The van der Waals surface area contributed by atoms with Crippen molar-refractivity contribution < 1.29 is 24.4 Å². The molecule has 0 spiro atoms. The first-order valence-corrected chi connectivity index (χ1v) is 8.64. The molecule has 3 rings (SSSR count). The van der Waals surface area contributed by atoms with Gasteiger partial charge in [-0.2, -0.15) is 0 Å². The number of amides is 1. The first-order chi connectivity index (χ1) is 13.1. The SMILES string of the molecule is CC(C)(C)OC(=O)N[C@]1(c2cccc([N+](=O)[O-])c2)C(=O)c2ccccc2[C@@H]1O. The maximum Gasteiger partial charge on any atom is 0.408 e. The number of Topliss-reactive ketones (excluding diaryl/α,β-unsaturated/α-hetero) is 1. The van der Waals surface area contributed by atoms with Crippen LogP contribution in [0, 0.1) is 10.1 Å². The van der Waals surface area contributed by atoms with E-state index in [1.54, 1.807) is 39.0 Å². The number of nitro benzene ring substituents is 1. The normalized spacial score (nSPS) is 21.1. The zero-order valence-electron chi connectivity index (χ0n) is 15.6. The van der Waals surface area contributed by atoms with Crippen LogP contribution >= 0.6 is 0 Å². The second kappa shape index (κ2) is 6.72. The Kier molecular flexibility index (Phi) is 4.68. The Morgan fingerprint density at radius 3 is 2.50 bits per heavy atom. The molecule has 28 heavy (non-hydrogen) atoms. The zero-order valence-corrected chi connectivity index (χ0v) is 15.6. The summed E-state index contributed by atoms with van der Waals surface area (Å²) < 4.78 is 5.27. The number of ether oxygens (including phenoxy) is 1. The predicted octanol–water partition coefficient (Wildman–Crippen LogP) is 3.24. The number of nitro groups is 1. The van der Waals surface area contributed by atoms with Crippen LogP contribution in [-0.4, -0.2) is 27.5 Å². The quantitative estimate of drug-likeness (QED) is 0.619. The standard InChI is InChI=1S/C20H20N2O6/c1-19(2,3)28-18(25)21-20(12-7-6-8-13(11-12)22(26)27)16(23)14-9-4-5-10-15(14)17(20)24/h4-11,16,23H,1-3H3,(H,21,25)/t16-,20-/m0/s1. The molecule has 8 heteroatoms. The third kappa shape index (κ3) is 3.22. The minimum absolute atomic E-state index is 0.0984. The first kappa shape index (κ1) is 19.5. The van der Waals surface area contributed by atoms with Crippen molar-refractivity contribution in [3.63, 3.8) is 0 Å². The minimum Gasteiger partial charge on any atom is -0.444 e. The number of rotatable bonds is 3. The second-order valence-corrected chi connectivity index (χ2v) is 7.56. The van der Waals surface area contributed by atoms with Gasteiger partial charge in [-0.05, 0) is 31.9 Å². The van der Waals surface area contributed by atoms with E-state index in [9.17, 15) is 24.8 Å². The molecule has 2 N–H and O–H groups in total. The lowest BCUT2D eigenvalue weighted by molar-refractivity contribution is -0.385. The molecule has 2 atom stereocenters. The largest absolute Gasteiger partial charge is 0.444 e. The Bertz CT molecular complexity index is 965. The maximum absolute atomic E-state index is 13.3. The number of nitrogens with one attached hydrogen (secondary N) is 1. The summed E-state index contributed by atoms with van der Waals surface area (Å²) in [6.07, 6.45) is -2.36. The van der Waals surface area contributed by atoms with Crippen molar-refractivity contribution in [2.45, 2.75) is 38.0 Å². The van der Waals surface area contributed by atoms with Gasteiger partial charge in [-0.1, -0.05) is 36.4 Å². The van der Waals surface area contributed by atoms with Crippen molar-refractivity contribution in [1.82, 2.24) is 5.32 Å². The van der Waals surface area contributed by atoms with Crippen LogP contribution in [0.15, 0.2) is 48.5 Å². The molecule has 0 saturated carbocycles. The van der Waals surface area contributed by atoms with Crippen LogP contribution in [0.2, 0.25) is 0 Å². The molecule has 1 amide bonds. The molecule has 8 nitrogen and oxygen atoms in total. The predicted molar refractivity (Wildman–Crippen MR) is 99.9 cm³/mol. The van der Waals surface area contributed by atoms with Gasteiger partial charge < -0.3 is 15.2 Å². The van der Waals surface area contributed by atoms with Gasteiger partial charge in [0.25, 0.3) is 5.69 Å². The summed E-state index contributed by atoms with van der Waals surface area (Å²) in [5, 5.41) is 24.7. The minimum atomic E-state index is -1.93. The van der Waals surface area contributed by atoms with Crippen molar-refractivity contribution in [3.8, 4) is 0 Å². The van der Waals surface area contributed by atoms with Gasteiger partial charge in [0, 0.05) is 17.7 Å². The molecule has 1 aliphatic carbocycles. The molecule has 0 aliphatic heterocycles. The zero-order chi connectivity index (χ0) is 20.7. The number of aliphatic hydroxyl groups is 1. The number of fused-ring (bicyclic) bond motifs is 1. The van der Waals surface area contributed by atoms with Gasteiger partial charge in [-0.15, -0.1) is 0 Å². The number of carbonyl (C=O) groups is 2. The van der Waals surface area contributed by atoms with E-state index in [2.05, 4.69) is 5.32 Å². The van der Waals surface area contributed by atoms with E-state index in [0.29, 0.717) is 5.56 Å². The topological polar surface area (TPSA) is 119 Å². The average Bonchev–Trinajstić information content (AvgIpc) is 2.83. The number of alkyl carbamates (subject to hydrolysis) is 1. The average molecular weight is 384 g/mol. The summed E-state index contributed by atoms with van der Waals surface area (Å²) in [6, 6.07) is 11.7. The molecule has 2 aromatic rings. The highest BCUT2D eigenvalue weighted by Crippen LogP contribution is 2.46. The summed E-state index contributed by atoms with van der Waals surface area (Å²) in [5.74, 6) is -0.568. The molecular weight excluding hydrogens is 364 g/mol. The number of hydrogen-bond donors (Lipinski definition) is 2. The second-order valence-electron chi connectivity index (χ2n) is 7.56. The van der Waals surface area contributed by atoms with Crippen LogP contribution in [0.3, 0.4) is 0 Å². The van der Waals surface area contributed by atoms with E-state index < -0.39 is 34.0 Å². The Morgan fingerprint density at radius 1 is 1.21 bits per heavy atom. The van der Waals surface area contributed by atoms with Gasteiger partial charge in [0.1, 0.15) is 11.7 Å². The fourth-order valence-corrected chi connectivity index (χ4v) is 3.33. The number of non-ortho nitro benzene ring substituents is 1. The lowest BCUT2D eigenvalue weighted by Crippen LogP contribution is -2.53. The first-order valence-electron chi connectivity index (χ1n) is 8.64. The molecule has 146 valence electrons. The fourth-order valence-electron chi connectivity index (χ4n) is 3.33. The van der Waals surface area contributed by atoms with Crippen LogP contribution in [0.1, 0.15) is 48.4 Å². The molecule has 0 unspecified atom stereocenters. The number of benzene rings is 2. The number of carbonyl (C=O) groups excluding carboxylic acids is 2. The van der Waals surface area contributed by atoms with E-state index >= 15 is 0 Å². The van der Waals surface area contributed by atoms with Gasteiger partial charge in [0.2, 0.25) is 0 Å². The number of ketones is 1. The van der Waals surface area contributed by atoms with Gasteiger partial charge in [-0.3, -0.25) is 14.9 Å². The molecule has 0 radical (unpaired) electrons. The smallest absolute Gasteiger partial charge is 0.408 e. The Labute approximate surface area is 161 Å². The maximum atomic E-state index is 13.3. The van der Waals surface area contributed by atoms with Gasteiger partial charge in [0.15, 0.2) is 11.3 Å². The summed E-state index contributed by atoms with van der Waals surface area (Å²) in [6.45, 7) is 4.98. The van der Waals surface area contributed by atoms with E-state index in [4.69, 9.17) is 4.74 Å². The highest BCUT2D eigenvalue weighted by molar-refractivity contribution is 6.10. The summed E-state index contributed by atoms with van der Waals surface area (Å²) in [7, 11) is 0. The third-order valence-corrected chi connectivity index (χ3v) is 4.48. The molecule has 0 bridgehead atoms. The van der Waals surface area contributed by atoms with Crippen LogP contribution in [-0.2, 0) is 10.3 Å². The highest BCUT2D eigenvalue weighted by Gasteiger charge is 2.56. The summed E-state index contributed by atoms with van der Waals surface area (Å²) in [5.41, 5.74) is -2.38. The van der Waals surface area contributed by atoms with Crippen molar-refractivity contribution in [2.24, 2.45) is 0 Å². The van der Waals surface area contributed by atoms with E-state index in [1.807, 2.05) is 0 Å². The Morgan fingerprint density at radius 2 is 1.89 bits per heavy atom. The van der Waals surface area contributed by atoms with Crippen LogP contribution in [0.4, 0.5) is 10.5 Å². The Hall–Kier alpha value is -3.26. The van der Waals surface area contributed by atoms with Crippen LogP contribution in [0.25, 0.3) is 0 Å². The monoisotopic (exact) mass is 384 g/mol. The van der Waals surface area contributed by atoms with Crippen molar-refractivity contribution >= 4 is 17.6 Å². The molecule has 0 heterocycles. The van der Waals surface area contributed by atoms with Crippen molar-refractivity contribution in [2.75, 3.05) is 0 Å². The summed E-state index contributed by atoms with van der Waals surface area (Å²) in [4.78, 5) is 36.4. The molecular formula is C20H20N2O6. The van der Waals surface area contributed by atoms with Crippen LogP contribution in [0.5, 0.6) is 0 Å². The molecule has 1 aliphatic rings. The van der Waals surface area contributed by atoms with Crippen molar-refractivity contribution in [1.29, 1.82) is 0 Å². The lowest BCUT2D eigenvalue weighted by atomic mass is 9.83. The number of hydrogen-bond acceptors (Lipinski definition) is 6. The molecule has 0 fully saturated rings. The van der Waals surface area contributed by atoms with E-state index in [1.165, 1.54) is 30.3 Å².